The Hall–Kier alpha value is -2.51. The monoisotopic (exact) mass is 334 g/mol. The highest BCUT2D eigenvalue weighted by molar-refractivity contribution is 6.30. The van der Waals surface area contributed by atoms with Gasteiger partial charge in [0.1, 0.15) is 5.82 Å². The van der Waals surface area contributed by atoms with E-state index in [0.717, 1.165) is 5.56 Å². The van der Waals surface area contributed by atoms with E-state index in [4.69, 9.17) is 11.6 Å². The van der Waals surface area contributed by atoms with Gasteiger partial charge in [0.2, 0.25) is 5.91 Å². The summed E-state index contributed by atoms with van der Waals surface area (Å²) in [5.74, 6) is 0.140. The zero-order chi connectivity index (χ0) is 16.8. The van der Waals surface area contributed by atoms with Crippen LogP contribution >= 0.6 is 11.6 Å². The van der Waals surface area contributed by atoms with Crippen LogP contribution in [0.1, 0.15) is 18.5 Å². The second-order valence-corrected chi connectivity index (χ2v) is 5.30. The molecule has 2 N–H and O–H groups in total. The maximum absolute atomic E-state index is 11.9. The third kappa shape index (κ3) is 5.01. The molecule has 7 nitrogen and oxygen atoms in total. The number of hydrogen-bond acceptors (Lipinski definition) is 5. The fraction of sp³-hybridized carbons (Fsp3) is 0.200. The van der Waals surface area contributed by atoms with Crippen LogP contribution in [0.4, 0.5) is 11.5 Å². The molecule has 0 fully saturated rings. The van der Waals surface area contributed by atoms with E-state index in [9.17, 15) is 14.9 Å². The van der Waals surface area contributed by atoms with Crippen molar-refractivity contribution in [2.75, 3.05) is 11.9 Å². The summed E-state index contributed by atoms with van der Waals surface area (Å²) in [7, 11) is 0. The minimum atomic E-state index is -0.449. The molecule has 0 bridgehead atoms. The number of nitro benzene ring substituents is 1. The van der Waals surface area contributed by atoms with Crippen LogP contribution < -0.4 is 10.6 Å². The van der Waals surface area contributed by atoms with Crippen molar-refractivity contribution < 1.29 is 9.72 Å². The molecule has 0 saturated heterocycles. The van der Waals surface area contributed by atoms with Gasteiger partial charge in [-0.15, -0.1) is 0 Å². The molecule has 120 valence electrons. The van der Waals surface area contributed by atoms with Crippen LogP contribution in [-0.4, -0.2) is 22.4 Å². The van der Waals surface area contributed by atoms with Crippen molar-refractivity contribution in [2.24, 2.45) is 0 Å². The molecule has 2 rings (SSSR count). The molecule has 2 aromatic rings. The fourth-order valence-electron chi connectivity index (χ4n) is 1.91. The predicted molar refractivity (Wildman–Crippen MR) is 87.4 cm³/mol. The Balaban J connectivity index is 1.89. The summed E-state index contributed by atoms with van der Waals surface area (Å²) in [6.07, 6.45) is 1.44. The molecule has 0 aliphatic rings. The lowest BCUT2D eigenvalue weighted by Crippen LogP contribution is -2.30. The molecular formula is C15H15ClN4O3. The van der Waals surface area contributed by atoms with E-state index in [1.165, 1.54) is 18.3 Å². The number of aromatic nitrogens is 1. The first-order valence-electron chi connectivity index (χ1n) is 6.85. The van der Waals surface area contributed by atoms with Gasteiger partial charge in [0.15, 0.2) is 0 Å². The summed E-state index contributed by atoms with van der Waals surface area (Å²) in [5, 5.41) is 16.9. The van der Waals surface area contributed by atoms with Gasteiger partial charge < -0.3 is 10.6 Å². The molecule has 23 heavy (non-hydrogen) atoms. The zero-order valence-electron chi connectivity index (χ0n) is 12.3. The van der Waals surface area contributed by atoms with Gasteiger partial charge in [-0.2, -0.15) is 0 Å². The number of nitrogens with zero attached hydrogens (tertiary/aromatic N) is 2. The van der Waals surface area contributed by atoms with Gasteiger partial charge in [-0.3, -0.25) is 14.9 Å². The molecule has 0 radical (unpaired) electrons. The van der Waals surface area contributed by atoms with Gasteiger partial charge in [-0.05, 0) is 24.6 Å². The van der Waals surface area contributed by atoms with Gasteiger partial charge in [0.25, 0.3) is 5.69 Å². The number of anilines is 1. The standard InChI is InChI=1S/C15H15ClN4O3/c1-10(11-3-2-4-13(7-11)20(22)23)17-9-15(21)19-14-6-5-12(16)8-18-14/h2-8,10,17H,9H2,1H3,(H,18,19,21). The van der Waals surface area contributed by atoms with E-state index in [1.807, 2.05) is 6.92 Å². The number of amides is 1. The normalized spacial score (nSPS) is 11.7. The van der Waals surface area contributed by atoms with E-state index in [1.54, 1.807) is 24.3 Å². The topological polar surface area (TPSA) is 97.2 Å². The molecular weight excluding hydrogens is 320 g/mol. The lowest BCUT2D eigenvalue weighted by atomic mass is 10.1. The first kappa shape index (κ1) is 16.9. The summed E-state index contributed by atoms with van der Waals surface area (Å²) in [6.45, 7) is 1.88. The van der Waals surface area contributed by atoms with Crippen LogP contribution in [0.3, 0.4) is 0 Å². The third-order valence-electron chi connectivity index (χ3n) is 3.14. The van der Waals surface area contributed by atoms with Crippen molar-refractivity contribution in [1.29, 1.82) is 0 Å². The largest absolute Gasteiger partial charge is 0.310 e. The smallest absolute Gasteiger partial charge is 0.269 e. The van der Waals surface area contributed by atoms with Gasteiger partial charge in [0.05, 0.1) is 16.5 Å². The van der Waals surface area contributed by atoms with Gasteiger partial charge in [-0.1, -0.05) is 23.7 Å². The number of pyridine rings is 1. The second kappa shape index (κ2) is 7.66. The number of nitrogens with one attached hydrogen (secondary N) is 2. The maximum atomic E-state index is 11.9. The first-order chi connectivity index (χ1) is 11.0. The lowest BCUT2D eigenvalue weighted by Gasteiger charge is -2.14. The number of benzene rings is 1. The van der Waals surface area contributed by atoms with Gasteiger partial charge >= 0.3 is 0 Å². The van der Waals surface area contributed by atoms with Crippen LogP contribution in [0.2, 0.25) is 5.02 Å². The molecule has 0 spiro atoms. The Labute approximate surface area is 137 Å². The van der Waals surface area contributed by atoms with E-state index in [-0.39, 0.29) is 24.2 Å². The van der Waals surface area contributed by atoms with Crippen LogP contribution in [0.15, 0.2) is 42.6 Å². The summed E-state index contributed by atoms with van der Waals surface area (Å²) >= 11 is 5.72. The van der Waals surface area contributed by atoms with E-state index in [2.05, 4.69) is 15.6 Å². The number of hydrogen-bond donors (Lipinski definition) is 2. The van der Waals surface area contributed by atoms with E-state index >= 15 is 0 Å². The van der Waals surface area contributed by atoms with E-state index in [0.29, 0.717) is 10.8 Å². The molecule has 1 aromatic carbocycles. The first-order valence-corrected chi connectivity index (χ1v) is 7.22. The average Bonchev–Trinajstić information content (AvgIpc) is 2.55. The van der Waals surface area contributed by atoms with Crippen molar-refractivity contribution in [3.63, 3.8) is 0 Å². The van der Waals surface area contributed by atoms with Crippen LogP contribution in [0.25, 0.3) is 0 Å². The molecule has 0 aliphatic heterocycles. The number of nitro groups is 1. The fourth-order valence-corrected chi connectivity index (χ4v) is 2.02. The lowest BCUT2D eigenvalue weighted by molar-refractivity contribution is -0.384. The Kier molecular flexibility index (Phi) is 5.61. The third-order valence-corrected chi connectivity index (χ3v) is 3.37. The highest BCUT2D eigenvalue weighted by Crippen LogP contribution is 2.18. The molecule has 0 saturated carbocycles. The van der Waals surface area contributed by atoms with Crippen molar-refractivity contribution in [1.82, 2.24) is 10.3 Å². The Morgan fingerprint density at radius 3 is 2.83 bits per heavy atom. The molecule has 1 amide bonds. The molecule has 0 aliphatic carbocycles. The van der Waals surface area contributed by atoms with Crippen LogP contribution in [0.5, 0.6) is 0 Å². The van der Waals surface area contributed by atoms with Crippen LogP contribution in [0, 0.1) is 10.1 Å². The second-order valence-electron chi connectivity index (χ2n) is 4.86. The summed E-state index contributed by atoms with van der Waals surface area (Å²) in [6, 6.07) is 9.31. The number of non-ortho nitro benzene ring substituents is 1. The summed E-state index contributed by atoms with van der Waals surface area (Å²) in [4.78, 5) is 26.1. The zero-order valence-corrected chi connectivity index (χ0v) is 13.1. The molecule has 1 aromatic heterocycles. The predicted octanol–water partition coefficient (Wildman–Crippen LogP) is 2.93. The van der Waals surface area contributed by atoms with Crippen molar-refractivity contribution in [2.45, 2.75) is 13.0 Å². The van der Waals surface area contributed by atoms with Crippen molar-refractivity contribution >= 4 is 29.0 Å². The quantitative estimate of drug-likeness (QED) is 0.625. The molecule has 1 atom stereocenters. The minimum absolute atomic E-state index is 0.0194. The molecule has 1 heterocycles. The molecule has 8 heteroatoms. The van der Waals surface area contributed by atoms with E-state index < -0.39 is 4.92 Å². The number of halogens is 1. The Morgan fingerprint density at radius 2 is 2.17 bits per heavy atom. The van der Waals surface area contributed by atoms with Gasteiger partial charge in [0, 0.05) is 24.4 Å². The SMILES string of the molecule is CC(NCC(=O)Nc1ccc(Cl)cn1)c1cccc([N+](=O)[O-])c1. The average molecular weight is 335 g/mol. The Bertz CT molecular complexity index is 706. The highest BCUT2D eigenvalue weighted by atomic mass is 35.5. The Morgan fingerprint density at radius 1 is 1.39 bits per heavy atom. The minimum Gasteiger partial charge on any atom is -0.310 e. The van der Waals surface area contributed by atoms with Gasteiger partial charge in [-0.25, -0.2) is 4.98 Å². The van der Waals surface area contributed by atoms with Crippen molar-refractivity contribution in [3.05, 3.63) is 63.3 Å². The highest BCUT2D eigenvalue weighted by Gasteiger charge is 2.12. The number of carbonyl (C=O) groups is 1. The molecule has 1 unspecified atom stereocenters. The number of carbonyl (C=O) groups excluding carboxylic acids is 1. The summed E-state index contributed by atoms with van der Waals surface area (Å²) in [5.41, 5.74) is 0.752. The summed E-state index contributed by atoms with van der Waals surface area (Å²) < 4.78 is 0. The van der Waals surface area contributed by atoms with Crippen LogP contribution in [-0.2, 0) is 4.79 Å². The number of rotatable bonds is 6. The van der Waals surface area contributed by atoms with Crippen molar-refractivity contribution in [3.8, 4) is 0 Å². The maximum Gasteiger partial charge on any atom is 0.269 e.